The molecule has 0 aliphatic carbocycles. The molecule has 0 unspecified atom stereocenters. The monoisotopic (exact) mass is 343 g/mol. The second kappa shape index (κ2) is 6.59. The van der Waals surface area contributed by atoms with Crippen molar-refractivity contribution < 1.29 is 17.9 Å². The summed E-state index contributed by atoms with van der Waals surface area (Å²) < 4.78 is 31.6. The van der Waals surface area contributed by atoms with Gasteiger partial charge in [0.1, 0.15) is 5.75 Å². The molecule has 24 heavy (non-hydrogen) atoms. The fourth-order valence-electron chi connectivity index (χ4n) is 2.55. The van der Waals surface area contributed by atoms with Crippen molar-refractivity contribution in [3.05, 3.63) is 71.8 Å². The van der Waals surface area contributed by atoms with E-state index in [0.29, 0.717) is 16.9 Å². The van der Waals surface area contributed by atoms with Crippen LogP contribution in [0.5, 0.6) is 5.75 Å². The number of nitrogens with zero attached hydrogens (tertiary/aromatic N) is 1. The van der Waals surface area contributed by atoms with Gasteiger partial charge in [-0.2, -0.15) is 4.31 Å². The van der Waals surface area contributed by atoms with Crippen LogP contribution >= 0.6 is 0 Å². The van der Waals surface area contributed by atoms with E-state index in [2.05, 4.69) is 0 Å². The van der Waals surface area contributed by atoms with Crippen molar-refractivity contribution >= 4 is 15.8 Å². The summed E-state index contributed by atoms with van der Waals surface area (Å²) in [5, 5.41) is 0. The minimum Gasteiger partial charge on any atom is -0.497 e. The van der Waals surface area contributed by atoms with Crippen LogP contribution in [-0.2, 0) is 10.0 Å². The predicted octanol–water partition coefficient (Wildman–Crippen LogP) is 2.51. The number of benzene rings is 2. The van der Waals surface area contributed by atoms with Crippen LogP contribution in [0.3, 0.4) is 0 Å². The highest BCUT2D eigenvalue weighted by Gasteiger charge is 2.30. The normalized spacial score (nSPS) is 15.1. The van der Waals surface area contributed by atoms with Gasteiger partial charge in [-0.05, 0) is 36.4 Å². The average Bonchev–Trinajstić information content (AvgIpc) is 3.13. The van der Waals surface area contributed by atoms with Crippen molar-refractivity contribution in [3.8, 4) is 5.75 Å². The number of Topliss-reactive ketones (excluding diaryl/α,β-unsaturated/α-hetero) is 1. The summed E-state index contributed by atoms with van der Waals surface area (Å²) in [7, 11) is -2.03. The molecule has 0 aromatic heterocycles. The van der Waals surface area contributed by atoms with Gasteiger partial charge in [0.25, 0.3) is 0 Å². The van der Waals surface area contributed by atoms with Gasteiger partial charge in [0.05, 0.1) is 12.0 Å². The molecule has 1 aliphatic rings. The number of ketones is 1. The van der Waals surface area contributed by atoms with E-state index in [1.807, 2.05) is 0 Å². The van der Waals surface area contributed by atoms with Gasteiger partial charge < -0.3 is 4.74 Å². The Balaban J connectivity index is 1.76. The second-order valence-electron chi connectivity index (χ2n) is 5.40. The molecule has 2 aromatic carbocycles. The molecule has 1 heterocycles. The van der Waals surface area contributed by atoms with Crippen molar-refractivity contribution in [2.75, 3.05) is 20.2 Å². The standard InChI is InChI=1S/C18H17NO4S/c1-23-16-9-7-14(8-10-16)18(20)15-11-12-19(13-15)24(21,22)17-5-3-2-4-6-17/h2-11H,12-13H2,1H3. The molecule has 0 amide bonds. The van der Waals surface area contributed by atoms with Crippen LogP contribution in [0, 0.1) is 0 Å². The molecule has 0 N–H and O–H groups in total. The molecule has 0 spiro atoms. The van der Waals surface area contributed by atoms with Crippen LogP contribution in [0.1, 0.15) is 10.4 Å². The van der Waals surface area contributed by atoms with Gasteiger partial charge in [0.2, 0.25) is 10.0 Å². The predicted molar refractivity (Wildman–Crippen MR) is 90.6 cm³/mol. The Kier molecular flexibility index (Phi) is 4.51. The van der Waals surface area contributed by atoms with Crippen molar-refractivity contribution in [1.82, 2.24) is 4.31 Å². The lowest BCUT2D eigenvalue weighted by molar-refractivity contribution is 0.103. The topological polar surface area (TPSA) is 63.7 Å². The van der Waals surface area contributed by atoms with Gasteiger partial charge in [0.15, 0.2) is 5.78 Å². The van der Waals surface area contributed by atoms with Gasteiger partial charge >= 0.3 is 0 Å². The third kappa shape index (κ3) is 3.11. The van der Waals surface area contributed by atoms with Crippen LogP contribution in [0.25, 0.3) is 0 Å². The summed E-state index contributed by atoms with van der Waals surface area (Å²) in [5.74, 6) is 0.503. The minimum absolute atomic E-state index is 0.0854. The smallest absolute Gasteiger partial charge is 0.243 e. The van der Waals surface area contributed by atoms with E-state index < -0.39 is 10.0 Å². The van der Waals surface area contributed by atoms with E-state index in [0.717, 1.165) is 0 Å². The lowest BCUT2D eigenvalue weighted by Crippen LogP contribution is -2.29. The Labute approximate surface area is 141 Å². The van der Waals surface area contributed by atoms with Gasteiger partial charge in [0, 0.05) is 24.2 Å². The summed E-state index contributed by atoms with van der Waals surface area (Å²) in [6.45, 7) is 0.288. The Morgan fingerprint density at radius 2 is 1.71 bits per heavy atom. The largest absolute Gasteiger partial charge is 0.497 e. The third-order valence-electron chi connectivity index (χ3n) is 3.91. The molecule has 0 fully saturated rings. The Morgan fingerprint density at radius 3 is 2.33 bits per heavy atom. The molecule has 0 bridgehead atoms. The minimum atomic E-state index is -3.59. The number of carbonyl (C=O) groups excluding carboxylic acids is 1. The molecule has 0 atom stereocenters. The van der Waals surface area contributed by atoms with E-state index in [1.165, 1.54) is 4.31 Å². The molecular formula is C18H17NO4S. The molecule has 0 saturated carbocycles. The molecule has 0 saturated heterocycles. The summed E-state index contributed by atoms with van der Waals surface area (Å²) in [6, 6.07) is 15.0. The fraction of sp³-hybridized carbons (Fsp3) is 0.167. The Hall–Kier alpha value is -2.44. The summed E-state index contributed by atoms with van der Waals surface area (Å²) >= 11 is 0. The van der Waals surface area contributed by atoms with E-state index in [-0.39, 0.29) is 23.8 Å². The SMILES string of the molecule is COc1ccc(C(=O)C2=CCN(S(=O)(=O)c3ccccc3)C2)cc1. The van der Waals surface area contributed by atoms with Gasteiger partial charge in [-0.3, -0.25) is 4.79 Å². The van der Waals surface area contributed by atoms with E-state index >= 15 is 0 Å². The molecule has 2 aromatic rings. The first-order chi connectivity index (χ1) is 11.5. The van der Waals surface area contributed by atoms with Crippen molar-refractivity contribution in [1.29, 1.82) is 0 Å². The zero-order valence-electron chi connectivity index (χ0n) is 13.2. The highest BCUT2D eigenvalue weighted by molar-refractivity contribution is 7.89. The highest BCUT2D eigenvalue weighted by atomic mass is 32.2. The summed E-state index contributed by atoms with van der Waals surface area (Å²) in [4.78, 5) is 12.8. The average molecular weight is 343 g/mol. The van der Waals surface area contributed by atoms with Crippen LogP contribution in [0.4, 0.5) is 0 Å². The summed E-state index contributed by atoms with van der Waals surface area (Å²) in [5.41, 5.74) is 1.00. The Morgan fingerprint density at radius 1 is 1.04 bits per heavy atom. The first-order valence-corrected chi connectivity index (χ1v) is 8.89. The molecule has 0 radical (unpaired) electrons. The maximum absolute atomic E-state index is 12.6. The van der Waals surface area contributed by atoms with Crippen molar-refractivity contribution in [3.63, 3.8) is 0 Å². The Bertz CT molecular complexity index is 871. The molecular weight excluding hydrogens is 326 g/mol. The molecule has 5 nitrogen and oxygen atoms in total. The lowest BCUT2D eigenvalue weighted by atomic mass is 10.0. The van der Waals surface area contributed by atoms with E-state index in [9.17, 15) is 13.2 Å². The maximum Gasteiger partial charge on any atom is 0.243 e. The van der Waals surface area contributed by atoms with Crippen molar-refractivity contribution in [2.45, 2.75) is 4.90 Å². The van der Waals surface area contributed by atoms with Crippen LogP contribution < -0.4 is 4.74 Å². The number of hydrogen-bond donors (Lipinski definition) is 0. The molecule has 3 rings (SSSR count). The second-order valence-corrected chi connectivity index (χ2v) is 7.34. The molecule has 6 heteroatoms. The number of hydrogen-bond acceptors (Lipinski definition) is 4. The number of methoxy groups -OCH3 is 1. The number of rotatable bonds is 5. The first kappa shape index (κ1) is 16.4. The number of ether oxygens (including phenoxy) is 1. The van der Waals surface area contributed by atoms with Crippen LogP contribution in [0.2, 0.25) is 0 Å². The zero-order chi connectivity index (χ0) is 17.2. The molecule has 124 valence electrons. The van der Waals surface area contributed by atoms with Crippen LogP contribution in [0.15, 0.2) is 71.1 Å². The van der Waals surface area contributed by atoms with Gasteiger partial charge in [-0.15, -0.1) is 0 Å². The van der Waals surface area contributed by atoms with Crippen LogP contribution in [-0.4, -0.2) is 38.7 Å². The highest BCUT2D eigenvalue weighted by Crippen LogP contribution is 2.23. The summed E-state index contributed by atoms with van der Waals surface area (Å²) in [6.07, 6.45) is 1.67. The number of carbonyl (C=O) groups is 1. The first-order valence-electron chi connectivity index (χ1n) is 7.45. The van der Waals surface area contributed by atoms with E-state index in [1.54, 1.807) is 67.8 Å². The fourth-order valence-corrected chi connectivity index (χ4v) is 3.93. The lowest BCUT2D eigenvalue weighted by Gasteiger charge is -2.16. The zero-order valence-corrected chi connectivity index (χ0v) is 14.0. The van der Waals surface area contributed by atoms with Gasteiger partial charge in [-0.1, -0.05) is 24.3 Å². The molecule has 1 aliphatic heterocycles. The van der Waals surface area contributed by atoms with Crippen molar-refractivity contribution in [2.24, 2.45) is 0 Å². The van der Waals surface area contributed by atoms with E-state index in [4.69, 9.17) is 4.74 Å². The quantitative estimate of drug-likeness (QED) is 0.783. The van der Waals surface area contributed by atoms with Gasteiger partial charge in [-0.25, -0.2) is 8.42 Å². The third-order valence-corrected chi connectivity index (χ3v) is 5.74. The maximum atomic E-state index is 12.6. The number of sulfonamides is 1.